The van der Waals surface area contributed by atoms with Crippen molar-refractivity contribution in [1.29, 1.82) is 0 Å². The number of hydrogen-bond acceptors (Lipinski definition) is 2. The van der Waals surface area contributed by atoms with Gasteiger partial charge in [-0.2, -0.15) is 0 Å². The van der Waals surface area contributed by atoms with Gasteiger partial charge in [-0.25, -0.2) is 4.98 Å². The molecule has 2 atom stereocenters. The third kappa shape index (κ3) is 2.09. The maximum absolute atomic E-state index is 6.46. The summed E-state index contributed by atoms with van der Waals surface area (Å²) < 4.78 is 3.42. The zero-order chi connectivity index (χ0) is 14.3. The van der Waals surface area contributed by atoms with Gasteiger partial charge in [0.15, 0.2) is 0 Å². The molecule has 3 nitrogen and oxygen atoms in total. The van der Waals surface area contributed by atoms with Crippen LogP contribution in [0.25, 0.3) is 11.0 Å². The highest BCUT2D eigenvalue weighted by molar-refractivity contribution is 9.10. The first-order chi connectivity index (χ1) is 9.56. The van der Waals surface area contributed by atoms with E-state index in [2.05, 4.69) is 52.5 Å². The van der Waals surface area contributed by atoms with E-state index in [9.17, 15) is 0 Å². The van der Waals surface area contributed by atoms with Crippen LogP contribution in [0, 0.1) is 0 Å². The van der Waals surface area contributed by atoms with Crippen molar-refractivity contribution in [2.45, 2.75) is 57.5 Å². The minimum absolute atomic E-state index is 0.000242. The van der Waals surface area contributed by atoms with Gasteiger partial charge in [0, 0.05) is 22.5 Å². The Morgan fingerprint density at radius 2 is 2.25 bits per heavy atom. The van der Waals surface area contributed by atoms with E-state index < -0.39 is 0 Å². The van der Waals surface area contributed by atoms with E-state index in [-0.39, 0.29) is 11.5 Å². The van der Waals surface area contributed by atoms with Gasteiger partial charge in [-0.05, 0) is 38.0 Å². The van der Waals surface area contributed by atoms with Gasteiger partial charge in [-0.3, -0.25) is 0 Å². The Balaban J connectivity index is 2.19. The average Bonchev–Trinajstić information content (AvgIpc) is 2.80. The number of aromatic nitrogens is 2. The van der Waals surface area contributed by atoms with Crippen LogP contribution in [0.1, 0.15) is 45.4 Å². The van der Waals surface area contributed by atoms with Crippen LogP contribution in [0.3, 0.4) is 0 Å². The number of hydrogen-bond donors (Lipinski definition) is 1. The minimum atomic E-state index is -0.000242. The van der Waals surface area contributed by atoms with Gasteiger partial charge in [0.2, 0.25) is 0 Å². The average molecular weight is 336 g/mol. The summed E-state index contributed by atoms with van der Waals surface area (Å²) >= 11 is 3.54. The lowest BCUT2D eigenvalue weighted by Crippen LogP contribution is -2.47. The fourth-order valence-electron chi connectivity index (χ4n) is 3.50. The van der Waals surface area contributed by atoms with Crippen LogP contribution in [0.2, 0.25) is 0 Å². The van der Waals surface area contributed by atoms with Gasteiger partial charge < -0.3 is 10.3 Å². The molecule has 1 aliphatic carbocycles. The molecule has 0 bridgehead atoms. The number of aryl methyl sites for hydroxylation is 1. The molecule has 1 aromatic carbocycles. The van der Waals surface area contributed by atoms with Crippen molar-refractivity contribution in [1.82, 2.24) is 9.55 Å². The molecule has 2 unspecified atom stereocenters. The number of nitrogens with zero attached hydrogens (tertiary/aromatic N) is 2. The smallest absolute Gasteiger partial charge is 0.117 e. The van der Waals surface area contributed by atoms with Crippen LogP contribution in [0.15, 0.2) is 22.7 Å². The fourth-order valence-corrected chi connectivity index (χ4v) is 3.85. The molecular weight excluding hydrogens is 314 g/mol. The molecule has 108 valence electrons. The molecular formula is C16H22BrN3. The summed E-state index contributed by atoms with van der Waals surface area (Å²) in [5.74, 6) is 1.17. The summed E-state index contributed by atoms with van der Waals surface area (Å²) in [5, 5.41) is 0. The van der Waals surface area contributed by atoms with Crippen LogP contribution in [-0.2, 0) is 12.0 Å². The van der Waals surface area contributed by atoms with Gasteiger partial charge in [-0.1, -0.05) is 35.7 Å². The van der Waals surface area contributed by atoms with Crippen LogP contribution in [0.5, 0.6) is 0 Å². The van der Waals surface area contributed by atoms with E-state index in [0.29, 0.717) is 0 Å². The lowest BCUT2D eigenvalue weighted by Gasteiger charge is -2.39. The van der Waals surface area contributed by atoms with E-state index in [1.807, 2.05) is 0 Å². The molecule has 1 heterocycles. The number of halogens is 1. The first kappa shape index (κ1) is 14.1. The summed E-state index contributed by atoms with van der Waals surface area (Å²) in [6.45, 7) is 5.42. The summed E-state index contributed by atoms with van der Waals surface area (Å²) in [6.07, 6.45) is 4.74. The van der Waals surface area contributed by atoms with Crippen molar-refractivity contribution in [3.63, 3.8) is 0 Å². The highest BCUT2D eigenvalue weighted by atomic mass is 79.9. The summed E-state index contributed by atoms with van der Waals surface area (Å²) in [7, 11) is 0. The van der Waals surface area contributed by atoms with E-state index in [0.717, 1.165) is 29.4 Å². The zero-order valence-electron chi connectivity index (χ0n) is 12.2. The van der Waals surface area contributed by atoms with Crippen molar-refractivity contribution in [3.8, 4) is 0 Å². The minimum Gasteiger partial charge on any atom is -0.328 e. The Kier molecular flexibility index (Phi) is 3.63. The lowest BCUT2D eigenvalue weighted by atomic mass is 9.71. The van der Waals surface area contributed by atoms with Gasteiger partial charge in [0.05, 0.1) is 11.0 Å². The Labute approximate surface area is 128 Å². The standard InChI is InChI=1S/C16H22BrN3/c1-3-20-13-8-7-11(17)10-12(13)19-15(20)16(2)9-5-4-6-14(16)18/h7-8,10,14H,3-6,9,18H2,1-2H3. The third-order valence-electron chi connectivity index (χ3n) is 4.82. The highest BCUT2D eigenvalue weighted by Gasteiger charge is 2.39. The molecule has 1 aromatic heterocycles. The monoisotopic (exact) mass is 335 g/mol. The van der Waals surface area contributed by atoms with Crippen LogP contribution < -0.4 is 5.73 Å². The van der Waals surface area contributed by atoms with Crippen LogP contribution in [0.4, 0.5) is 0 Å². The van der Waals surface area contributed by atoms with E-state index >= 15 is 0 Å². The Morgan fingerprint density at radius 3 is 2.95 bits per heavy atom. The number of nitrogens with two attached hydrogens (primary N) is 1. The van der Waals surface area contributed by atoms with Crippen LogP contribution >= 0.6 is 15.9 Å². The lowest BCUT2D eigenvalue weighted by molar-refractivity contribution is 0.252. The summed E-state index contributed by atoms with van der Waals surface area (Å²) in [4.78, 5) is 4.94. The largest absolute Gasteiger partial charge is 0.328 e. The van der Waals surface area contributed by atoms with Crippen molar-refractivity contribution in [2.24, 2.45) is 5.73 Å². The number of rotatable bonds is 2. The van der Waals surface area contributed by atoms with Gasteiger partial charge in [0.25, 0.3) is 0 Å². The topological polar surface area (TPSA) is 43.8 Å². The van der Waals surface area contributed by atoms with Crippen LogP contribution in [-0.4, -0.2) is 15.6 Å². The number of imidazole rings is 1. The molecule has 2 N–H and O–H groups in total. The normalized spacial score (nSPS) is 27.1. The number of benzene rings is 1. The molecule has 3 rings (SSSR count). The molecule has 20 heavy (non-hydrogen) atoms. The molecule has 2 aromatic rings. The molecule has 0 aliphatic heterocycles. The van der Waals surface area contributed by atoms with Crippen molar-refractivity contribution in [3.05, 3.63) is 28.5 Å². The Bertz CT molecular complexity index is 634. The van der Waals surface area contributed by atoms with E-state index in [1.165, 1.54) is 24.2 Å². The molecule has 0 spiro atoms. The molecule has 0 radical (unpaired) electrons. The molecule has 1 aliphatic rings. The van der Waals surface area contributed by atoms with E-state index in [1.54, 1.807) is 0 Å². The van der Waals surface area contributed by atoms with E-state index in [4.69, 9.17) is 10.7 Å². The van der Waals surface area contributed by atoms with Gasteiger partial charge in [0.1, 0.15) is 5.82 Å². The fraction of sp³-hybridized carbons (Fsp3) is 0.562. The predicted molar refractivity (Wildman–Crippen MR) is 86.9 cm³/mol. The third-order valence-corrected chi connectivity index (χ3v) is 5.31. The van der Waals surface area contributed by atoms with Gasteiger partial charge >= 0.3 is 0 Å². The maximum Gasteiger partial charge on any atom is 0.117 e. The predicted octanol–water partition coefficient (Wildman–Crippen LogP) is 3.98. The van der Waals surface area contributed by atoms with Gasteiger partial charge in [-0.15, -0.1) is 0 Å². The highest BCUT2D eigenvalue weighted by Crippen LogP contribution is 2.39. The second-order valence-corrected chi connectivity index (χ2v) is 7.00. The Morgan fingerprint density at radius 1 is 1.45 bits per heavy atom. The quantitative estimate of drug-likeness (QED) is 0.902. The Hall–Kier alpha value is -0.870. The number of fused-ring (bicyclic) bond motifs is 1. The summed E-state index contributed by atoms with van der Waals surface area (Å²) in [6, 6.07) is 6.55. The first-order valence-electron chi connectivity index (χ1n) is 7.48. The molecule has 4 heteroatoms. The second-order valence-electron chi connectivity index (χ2n) is 6.08. The summed E-state index contributed by atoms with van der Waals surface area (Å²) in [5.41, 5.74) is 8.74. The molecule has 1 saturated carbocycles. The zero-order valence-corrected chi connectivity index (χ0v) is 13.8. The van der Waals surface area contributed by atoms with Crippen molar-refractivity contribution >= 4 is 27.0 Å². The van der Waals surface area contributed by atoms with Crippen molar-refractivity contribution < 1.29 is 0 Å². The first-order valence-corrected chi connectivity index (χ1v) is 8.27. The molecule has 0 amide bonds. The maximum atomic E-state index is 6.46. The molecule has 1 fully saturated rings. The van der Waals surface area contributed by atoms with Crippen molar-refractivity contribution in [2.75, 3.05) is 0 Å². The molecule has 0 saturated heterocycles. The SMILES string of the molecule is CCn1c(C2(C)CCCCC2N)nc2cc(Br)ccc21. The second kappa shape index (κ2) is 5.15.